The van der Waals surface area contributed by atoms with Crippen LogP contribution in [0.25, 0.3) is 17.0 Å². The van der Waals surface area contributed by atoms with Crippen LogP contribution in [0.5, 0.6) is 0 Å². The normalized spacial score (nSPS) is 16.0. The predicted molar refractivity (Wildman–Crippen MR) is 103 cm³/mol. The van der Waals surface area contributed by atoms with Gasteiger partial charge in [-0.1, -0.05) is 0 Å². The Balaban J connectivity index is 1.58. The van der Waals surface area contributed by atoms with Gasteiger partial charge in [-0.05, 0) is 57.0 Å². The Hall–Kier alpha value is -2.87. The van der Waals surface area contributed by atoms with E-state index in [2.05, 4.69) is 39.1 Å². The van der Waals surface area contributed by atoms with Crippen molar-refractivity contribution in [1.29, 1.82) is 0 Å². The minimum atomic E-state index is -0.321. The average Bonchev–Trinajstić information content (AvgIpc) is 3.17. The van der Waals surface area contributed by atoms with E-state index in [1.54, 1.807) is 18.2 Å². The maximum atomic E-state index is 13.2. The van der Waals surface area contributed by atoms with Gasteiger partial charge in [-0.3, -0.25) is 4.79 Å². The minimum Gasteiger partial charge on any atom is -0.348 e. The Labute approximate surface area is 162 Å². The first kappa shape index (κ1) is 18.5. The molecular weight excluding hydrogens is 359 g/mol. The molecule has 1 aliphatic rings. The Kier molecular flexibility index (Phi) is 5.04. The smallest absolute Gasteiger partial charge is 0.270 e. The SMILES string of the molecule is CC(C)N1CCC(NC(=O)c2cc(-c3ccc(F)cc3)nc3ncnn23)CC1. The van der Waals surface area contributed by atoms with Crippen LogP contribution in [0.3, 0.4) is 0 Å². The first-order valence-corrected chi connectivity index (χ1v) is 9.53. The number of piperidine rings is 1. The van der Waals surface area contributed by atoms with Crippen molar-refractivity contribution in [2.24, 2.45) is 0 Å². The minimum absolute atomic E-state index is 0.128. The Morgan fingerprint density at radius 3 is 2.61 bits per heavy atom. The third kappa shape index (κ3) is 3.73. The molecule has 3 aromatic rings. The van der Waals surface area contributed by atoms with Crippen molar-refractivity contribution in [1.82, 2.24) is 29.8 Å². The number of nitrogens with zero attached hydrogens (tertiary/aromatic N) is 5. The van der Waals surface area contributed by atoms with E-state index in [1.165, 1.54) is 23.0 Å². The second-order valence-corrected chi connectivity index (χ2v) is 7.38. The number of carbonyl (C=O) groups excluding carboxylic acids is 1. The number of rotatable bonds is 4. The van der Waals surface area contributed by atoms with E-state index in [-0.39, 0.29) is 17.8 Å². The zero-order valence-corrected chi connectivity index (χ0v) is 16.0. The number of halogens is 1. The molecule has 0 aliphatic carbocycles. The molecule has 4 rings (SSSR count). The molecule has 1 aliphatic heterocycles. The van der Waals surface area contributed by atoms with Gasteiger partial charge < -0.3 is 10.2 Å². The lowest BCUT2D eigenvalue weighted by Gasteiger charge is -2.34. The summed E-state index contributed by atoms with van der Waals surface area (Å²) < 4.78 is 14.7. The number of hydrogen-bond donors (Lipinski definition) is 1. The van der Waals surface area contributed by atoms with E-state index in [4.69, 9.17) is 0 Å². The maximum Gasteiger partial charge on any atom is 0.270 e. The van der Waals surface area contributed by atoms with E-state index < -0.39 is 0 Å². The molecule has 0 atom stereocenters. The van der Waals surface area contributed by atoms with Crippen molar-refractivity contribution >= 4 is 11.7 Å². The van der Waals surface area contributed by atoms with Crippen LogP contribution in [0.2, 0.25) is 0 Å². The van der Waals surface area contributed by atoms with Crippen LogP contribution in [0.4, 0.5) is 4.39 Å². The van der Waals surface area contributed by atoms with Gasteiger partial charge >= 0.3 is 0 Å². The van der Waals surface area contributed by atoms with Crippen molar-refractivity contribution in [3.05, 3.63) is 48.2 Å². The number of aromatic nitrogens is 4. The summed E-state index contributed by atoms with van der Waals surface area (Å²) in [5.41, 5.74) is 1.64. The third-order valence-corrected chi connectivity index (χ3v) is 5.22. The Morgan fingerprint density at radius 1 is 1.21 bits per heavy atom. The first-order valence-electron chi connectivity index (χ1n) is 9.53. The number of carbonyl (C=O) groups is 1. The molecule has 2 aromatic heterocycles. The number of fused-ring (bicyclic) bond motifs is 1. The second kappa shape index (κ2) is 7.63. The van der Waals surface area contributed by atoms with Crippen molar-refractivity contribution in [2.75, 3.05) is 13.1 Å². The fourth-order valence-corrected chi connectivity index (χ4v) is 3.56. The molecular formula is C20H23FN6O. The highest BCUT2D eigenvalue weighted by Gasteiger charge is 2.24. The van der Waals surface area contributed by atoms with Gasteiger partial charge in [0.25, 0.3) is 11.7 Å². The van der Waals surface area contributed by atoms with Gasteiger partial charge in [-0.25, -0.2) is 9.37 Å². The van der Waals surface area contributed by atoms with E-state index in [0.29, 0.717) is 28.8 Å². The molecule has 3 heterocycles. The lowest BCUT2D eigenvalue weighted by Crippen LogP contribution is -2.46. The van der Waals surface area contributed by atoms with E-state index in [9.17, 15) is 9.18 Å². The molecule has 1 amide bonds. The van der Waals surface area contributed by atoms with E-state index in [1.807, 2.05) is 0 Å². The largest absolute Gasteiger partial charge is 0.348 e. The quantitative estimate of drug-likeness (QED) is 0.751. The van der Waals surface area contributed by atoms with Gasteiger partial charge in [0.05, 0.1) is 5.69 Å². The lowest BCUT2D eigenvalue weighted by molar-refractivity contribution is 0.0893. The summed E-state index contributed by atoms with van der Waals surface area (Å²) in [6, 6.07) is 8.32. The van der Waals surface area contributed by atoms with Gasteiger partial charge in [0.15, 0.2) is 0 Å². The van der Waals surface area contributed by atoms with Gasteiger partial charge in [0, 0.05) is 30.7 Å². The zero-order chi connectivity index (χ0) is 19.7. The maximum absolute atomic E-state index is 13.2. The summed E-state index contributed by atoms with van der Waals surface area (Å²) in [4.78, 5) is 23.9. The molecule has 8 heteroatoms. The monoisotopic (exact) mass is 382 g/mol. The van der Waals surface area contributed by atoms with Gasteiger partial charge in [-0.15, -0.1) is 0 Å². The van der Waals surface area contributed by atoms with Crippen LogP contribution in [0.15, 0.2) is 36.7 Å². The average molecular weight is 382 g/mol. The number of likely N-dealkylation sites (tertiary alicyclic amines) is 1. The van der Waals surface area contributed by atoms with Crippen molar-refractivity contribution < 1.29 is 9.18 Å². The molecule has 0 bridgehead atoms. The predicted octanol–water partition coefficient (Wildman–Crippen LogP) is 2.53. The van der Waals surface area contributed by atoms with Crippen LogP contribution in [-0.2, 0) is 0 Å². The van der Waals surface area contributed by atoms with Crippen molar-refractivity contribution in [3.63, 3.8) is 0 Å². The highest BCUT2D eigenvalue weighted by Crippen LogP contribution is 2.20. The van der Waals surface area contributed by atoms with Gasteiger partial charge in [0.1, 0.15) is 17.8 Å². The summed E-state index contributed by atoms with van der Waals surface area (Å²) in [5.74, 6) is -0.191. The Bertz CT molecular complexity index is 976. The van der Waals surface area contributed by atoms with Gasteiger partial charge in [-0.2, -0.15) is 14.6 Å². The summed E-state index contributed by atoms with van der Waals surface area (Å²) >= 11 is 0. The van der Waals surface area contributed by atoms with E-state index >= 15 is 0 Å². The Morgan fingerprint density at radius 2 is 1.93 bits per heavy atom. The summed E-state index contributed by atoms with van der Waals surface area (Å²) in [5, 5.41) is 7.25. The topological polar surface area (TPSA) is 75.4 Å². The van der Waals surface area contributed by atoms with Crippen LogP contribution >= 0.6 is 0 Å². The molecule has 0 unspecified atom stereocenters. The molecule has 28 heavy (non-hydrogen) atoms. The van der Waals surface area contributed by atoms with Crippen LogP contribution in [0, 0.1) is 5.82 Å². The number of benzene rings is 1. The molecule has 1 saturated heterocycles. The summed E-state index contributed by atoms with van der Waals surface area (Å²) in [6.45, 7) is 6.32. The fourth-order valence-electron chi connectivity index (χ4n) is 3.56. The second-order valence-electron chi connectivity index (χ2n) is 7.38. The van der Waals surface area contributed by atoms with Crippen molar-refractivity contribution in [2.45, 2.75) is 38.8 Å². The third-order valence-electron chi connectivity index (χ3n) is 5.22. The molecule has 1 aromatic carbocycles. The van der Waals surface area contributed by atoms with Crippen molar-refractivity contribution in [3.8, 4) is 11.3 Å². The number of hydrogen-bond acceptors (Lipinski definition) is 5. The molecule has 1 fully saturated rings. The molecule has 0 saturated carbocycles. The molecule has 146 valence electrons. The molecule has 0 spiro atoms. The first-order chi connectivity index (χ1) is 13.5. The van der Waals surface area contributed by atoms with E-state index in [0.717, 1.165) is 25.9 Å². The fraction of sp³-hybridized carbons (Fsp3) is 0.400. The van der Waals surface area contributed by atoms with Crippen LogP contribution in [-0.4, -0.2) is 55.6 Å². The summed E-state index contributed by atoms with van der Waals surface area (Å²) in [7, 11) is 0. The van der Waals surface area contributed by atoms with Crippen LogP contribution in [0.1, 0.15) is 37.2 Å². The van der Waals surface area contributed by atoms with Gasteiger partial charge in [0.2, 0.25) is 0 Å². The molecule has 7 nitrogen and oxygen atoms in total. The highest BCUT2D eigenvalue weighted by molar-refractivity contribution is 5.94. The molecule has 0 radical (unpaired) electrons. The zero-order valence-electron chi connectivity index (χ0n) is 16.0. The standard InChI is InChI=1S/C20H23FN6O/c1-13(2)26-9-7-16(8-10-26)24-19(28)18-11-17(14-3-5-15(21)6-4-14)25-20-22-12-23-27(18)20/h3-6,11-13,16H,7-10H2,1-2H3,(H,24,28). The highest BCUT2D eigenvalue weighted by atomic mass is 19.1. The number of nitrogens with one attached hydrogen (secondary N) is 1. The summed E-state index contributed by atoms with van der Waals surface area (Å²) in [6.07, 6.45) is 3.20. The molecule has 1 N–H and O–H groups in total. The van der Waals surface area contributed by atoms with Crippen LogP contribution < -0.4 is 5.32 Å². The number of amides is 1. The lowest BCUT2D eigenvalue weighted by atomic mass is 10.0.